The van der Waals surface area contributed by atoms with Crippen LogP contribution in [-0.2, 0) is 22.6 Å². The molecule has 0 fully saturated rings. The predicted octanol–water partition coefficient (Wildman–Crippen LogP) is 3.28. The zero-order valence-corrected chi connectivity index (χ0v) is 17.7. The van der Waals surface area contributed by atoms with Crippen LogP contribution in [0.3, 0.4) is 0 Å². The molecule has 1 aromatic heterocycles. The lowest BCUT2D eigenvalue weighted by atomic mass is 10.1. The SMILES string of the molecule is CCOCCOc1cc(C)ccc1CNC(=NC)NCCCOCc1ccco1. The topological polar surface area (TPSA) is 77.2 Å². The van der Waals surface area contributed by atoms with Crippen LogP contribution in [0.15, 0.2) is 46.0 Å². The van der Waals surface area contributed by atoms with Crippen molar-refractivity contribution >= 4 is 5.96 Å². The Morgan fingerprint density at radius 3 is 2.76 bits per heavy atom. The van der Waals surface area contributed by atoms with Gasteiger partial charge in [-0.15, -0.1) is 0 Å². The van der Waals surface area contributed by atoms with Gasteiger partial charge in [-0.3, -0.25) is 4.99 Å². The van der Waals surface area contributed by atoms with E-state index < -0.39 is 0 Å². The van der Waals surface area contributed by atoms with E-state index in [1.807, 2.05) is 19.1 Å². The standard InChI is InChI=1S/C22H33N3O4/c1-4-26-13-14-29-21-15-18(2)8-9-19(21)16-25-22(23-3)24-10-6-11-27-17-20-7-5-12-28-20/h5,7-9,12,15H,4,6,10-11,13-14,16-17H2,1-3H3,(H2,23,24,25). The fourth-order valence-electron chi connectivity index (χ4n) is 2.65. The fourth-order valence-corrected chi connectivity index (χ4v) is 2.65. The van der Waals surface area contributed by atoms with Gasteiger partial charge in [-0.05, 0) is 44.0 Å². The molecule has 0 saturated heterocycles. The maximum Gasteiger partial charge on any atom is 0.191 e. The summed E-state index contributed by atoms with van der Waals surface area (Å²) >= 11 is 0. The van der Waals surface area contributed by atoms with Crippen molar-refractivity contribution in [2.24, 2.45) is 4.99 Å². The van der Waals surface area contributed by atoms with Crippen LogP contribution < -0.4 is 15.4 Å². The predicted molar refractivity (Wildman–Crippen MR) is 114 cm³/mol. The molecule has 160 valence electrons. The largest absolute Gasteiger partial charge is 0.491 e. The summed E-state index contributed by atoms with van der Waals surface area (Å²) in [4.78, 5) is 4.27. The zero-order valence-electron chi connectivity index (χ0n) is 17.7. The van der Waals surface area contributed by atoms with E-state index in [2.05, 4.69) is 40.7 Å². The summed E-state index contributed by atoms with van der Waals surface area (Å²) in [6.45, 7) is 8.40. The van der Waals surface area contributed by atoms with Crippen molar-refractivity contribution in [2.45, 2.75) is 33.4 Å². The summed E-state index contributed by atoms with van der Waals surface area (Å²) in [5.41, 5.74) is 2.24. The second-order valence-corrected chi connectivity index (χ2v) is 6.49. The van der Waals surface area contributed by atoms with Crippen LogP contribution in [-0.4, -0.2) is 46.0 Å². The molecule has 0 aliphatic heterocycles. The van der Waals surface area contributed by atoms with Gasteiger partial charge in [0, 0.05) is 38.9 Å². The van der Waals surface area contributed by atoms with Gasteiger partial charge < -0.3 is 29.3 Å². The van der Waals surface area contributed by atoms with Crippen molar-refractivity contribution in [3.63, 3.8) is 0 Å². The Kier molecular flexibility index (Phi) is 10.7. The molecule has 29 heavy (non-hydrogen) atoms. The van der Waals surface area contributed by atoms with Gasteiger partial charge in [-0.1, -0.05) is 12.1 Å². The number of hydrogen-bond acceptors (Lipinski definition) is 5. The van der Waals surface area contributed by atoms with Crippen molar-refractivity contribution < 1.29 is 18.6 Å². The first-order valence-corrected chi connectivity index (χ1v) is 10.1. The fraction of sp³-hybridized carbons (Fsp3) is 0.500. The summed E-state index contributed by atoms with van der Waals surface area (Å²) in [7, 11) is 1.76. The second-order valence-electron chi connectivity index (χ2n) is 6.49. The van der Waals surface area contributed by atoms with E-state index in [9.17, 15) is 0 Å². The monoisotopic (exact) mass is 403 g/mol. The quantitative estimate of drug-likeness (QED) is 0.304. The average molecular weight is 404 g/mol. The summed E-state index contributed by atoms with van der Waals surface area (Å²) < 4.78 is 22.1. The molecule has 1 heterocycles. The van der Waals surface area contributed by atoms with Crippen LogP contribution >= 0.6 is 0 Å². The maximum atomic E-state index is 5.89. The van der Waals surface area contributed by atoms with E-state index in [-0.39, 0.29) is 0 Å². The number of nitrogens with zero attached hydrogens (tertiary/aromatic N) is 1. The highest BCUT2D eigenvalue weighted by Crippen LogP contribution is 2.20. The number of guanidine groups is 1. The number of benzene rings is 1. The van der Waals surface area contributed by atoms with Gasteiger partial charge in [-0.25, -0.2) is 0 Å². The number of nitrogens with one attached hydrogen (secondary N) is 2. The highest BCUT2D eigenvalue weighted by molar-refractivity contribution is 5.79. The molecule has 2 aromatic rings. The van der Waals surface area contributed by atoms with E-state index in [1.54, 1.807) is 13.3 Å². The number of rotatable bonds is 13. The first kappa shape index (κ1) is 22.8. The van der Waals surface area contributed by atoms with E-state index in [0.29, 0.717) is 39.6 Å². The van der Waals surface area contributed by atoms with Crippen LogP contribution in [0.5, 0.6) is 5.75 Å². The van der Waals surface area contributed by atoms with Crippen LogP contribution in [0, 0.1) is 6.92 Å². The molecule has 2 N–H and O–H groups in total. The summed E-state index contributed by atoms with van der Waals surface area (Å²) in [6, 6.07) is 9.98. The third kappa shape index (κ3) is 9.02. The third-order valence-corrected chi connectivity index (χ3v) is 4.16. The molecule has 0 radical (unpaired) electrons. The molecule has 0 saturated carbocycles. The highest BCUT2D eigenvalue weighted by atomic mass is 16.5. The molecule has 0 aliphatic rings. The first-order valence-electron chi connectivity index (χ1n) is 10.1. The second kappa shape index (κ2) is 13.6. The van der Waals surface area contributed by atoms with Gasteiger partial charge in [0.2, 0.25) is 0 Å². The number of aryl methyl sites for hydroxylation is 1. The minimum atomic E-state index is 0.499. The zero-order chi connectivity index (χ0) is 20.7. The molecule has 0 amide bonds. The van der Waals surface area contributed by atoms with Crippen LogP contribution in [0.25, 0.3) is 0 Å². The summed E-state index contributed by atoms with van der Waals surface area (Å²) in [5.74, 6) is 2.46. The van der Waals surface area contributed by atoms with Crippen LogP contribution in [0.1, 0.15) is 30.2 Å². The Hall–Kier alpha value is -2.51. The molecule has 1 aromatic carbocycles. The molecule has 0 unspecified atom stereocenters. The minimum absolute atomic E-state index is 0.499. The normalized spacial score (nSPS) is 11.5. The van der Waals surface area contributed by atoms with Gasteiger partial charge in [0.15, 0.2) is 5.96 Å². The minimum Gasteiger partial charge on any atom is -0.491 e. The molecule has 7 nitrogen and oxygen atoms in total. The highest BCUT2D eigenvalue weighted by Gasteiger charge is 2.06. The Balaban J connectivity index is 1.69. The molecular formula is C22H33N3O4. The van der Waals surface area contributed by atoms with Gasteiger partial charge in [0.25, 0.3) is 0 Å². The molecule has 0 bridgehead atoms. The summed E-state index contributed by atoms with van der Waals surface area (Å²) in [6.07, 6.45) is 2.52. The van der Waals surface area contributed by atoms with Gasteiger partial charge in [0.05, 0.1) is 12.9 Å². The van der Waals surface area contributed by atoms with Gasteiger partial charge >= 0.3 is 0 Å². The van der Waals surface area contributed by atoms with Gasteiger partial charge in [0.1, 0.15) is 24.7 Å². The van der Waals surface area contributed by atoms with Gasteiger partial charge in [-0.2, -0.15) is 0 Å². The van der Waals surface area contributed by atoms with Crippen molar-refractivity contribution in [3.8, 4) is 5.75 Å². The summed E-state index contributed by atoms with van der Waals surface area (Å²) in [5, 5.41) is 6.63. The molecular weight excluding hydrogens is 370 g/mol. The van der Waals surface area contributed by atoms with E-state index in [1.165, 1.54) is 0 Å². The Labute approximate surface area is 173 Å². The molecule has 0 aliphatic carbocycles. The maximum absolute atomic E-state index is 5.89. The number of aliphatic imine (C=N–C) groups is 1. The average Bonchev–Trinajstić information content (AvgIpc) is 3.24. The lowest BCUT2D eigenvalue weighted by molar-refractivity contribution is 0.105. The molecule has 7 heteroatoms. The molecule has 2 rings (SSSR count). The molecule has 0 atom stereocenters. The van der Waals surface area contributed by atoms with Crippen molar-refractivity contribution in [1.29, 1.82) is 0 Å². The van der Waals surface area contributed by atoms with Crippen molar-refractivity contribution in [1.82, 2.24) is 10.6 Å². The lowest BCUT2D eigenvalue weighted by Gasteiger charge is -2.15. The number of ether oxygens (including phenoxy) is 3. The Bertz CT molecular complexity index is 717. The Morgan fingerprint density at radius 1 is 1.10 bits per heavy atom. The van der Waals surface area contributed by atoms with E-state index in [4.69, 9.17) is 18.6 Å². The van der Waals surface area contributed by atoms with Crippen LogP contribution in [0.2, 0.25) is 0 Å². The van der Waals surface area contributed by atoms with Crippen molar-refractivity contribution in [2.75, 3.05) is 40.0 Å². The number of hydrogen-bond donors (Lipinski definition) is 2. The van der Waals surface area contributed by atoms with E-state index in [0.717, 1.165) is 41.6 Å². The van der Waals surface area contributed by atoms with E-state index >= 15 is 0 Å². The molecule has 0 spiro atoms. The van der Waals surface area contributed by atoms with Crippen molar-refractivity contribution in [3.05, 3.63) is 53.5 Å². The Morgan fingerprint density at radius 2 is 2.00 bits per heavy atom. The third-order valence-electron chi connectivity index (χ3n) is 4.16. The smallest absolute Gasteiger partial charge is 0.191 e. The first-order chi connectivity index (χ1) is 14.2. The number of furan rings is 1. The lowest BCUT2D eigenvalue weighted by Crippen LogP contribution is -2.37. The van der Waals surface area contributed by atoms with Crippen LogP contribution in [0.4, 0.5) is 0 Å².